The van der Waals surface area contributed by atoms with Crippen LogP contribution in [-0.2, 0) is 9.59 Å². The van der Waals surface area contributed by atoms with Crippen molar-refractivity contribution in [3.05, 3.63) is 81.7 Å². The fraction of sp³-hybridized carbons (Fsp3) is 0.130. The van der Waals surface area contributed by atoms with Crippen LogP contribution in [0.5, 0.6) is 5.75 Å². The normalized spacial score (nSPS) is 14.3. The van der Waals surface area contributed by atoms with Crippen LogP contribution in [0, 0.1) is 13.8 Å². The number of carbonyl (C=O) groups excluding carboxylic acids is 2. The van der Waals surface area contributed by atoms with Gasteiger partial charge in [-0.2, -0.15) is 0 Å². The van der Waals surface area contributed by atoms with E-state index in [1.54, 1.807) is 23.6 Å². The zero-order valence-electron chi connectivity index (χ0n) is 17.0. The van der Waals surface area contributed by atoms with Gasteiger partial charge in [0, 0.05) is 10.6 Å². The van der Waals surface area contributed by atoms with Crippen molar-refractivity contribution in [3.63, 3.8) is 0 Å². The first-order valence-corrected chi connectivity index (χ1v) is 10.4. The first-order valence-electron chi connectivity index (χ1n) is 9.51. The van der Waals surface area contributed by atoms with E-state index in [9.17, 15) is 22.8 Å². The van der Waals surface area contributed by atoms with E-state index in [1.807, 2.05) is 26.0 Å². The molecule has 4 rings (SSSR count). The topological polar surface area (TPSA) is 58.6 Å². The molecule has 2 heterocycles. The number of amides is 2. The second kappa shape index (κ2) is 8.16. The smallest absolute Gasteiger partial charge is 0.406 e. The molecule has 2 aromatic carbocycles. The number of nitrogens with one attached hydrogen (secondary N) is 1. The van der Waals surface area contributed by atoms with E-state index in [4.69, 9.17) is 0 Å². The predicted molar refractivity (Wildman–Crippen MR) is 116 cm³/mol. The lowest BCUT2D eigenvalue weighted by molar-refractivity contribution is -0.274. The summed E-state index contributed by atoms with van der Waals surface area (Å²) in [7, 11) is 0. The van der Waals surface area contributed by atoms with Gasteiger partial charge in [0.15, 0.2) is 0 Å². The Morgan fingerprint density at radius 2 is 1.69 bits per heavy atom. The molecule has 3 aromatic rings. The maximum atomic E-state index is 13.3. The molecule has 32 heavy (non-hydrogen) atoms. The van der Waals surface area contributed by atoms with Crippen molar-refractivity contribution in [2.75, 3.05) is 10.2 Å². The van der Waals surface area contributed by atoms with E-state index in [-0.39, 0.29) is 17.0 Å². The number of nitrogens with zero attached hydrogens (tertiary/aromatic N) is 1. The van der Waals surface area contributed by atoms with Crippen LogP contribution >= 0.6 is 11.3 Å². The average Bonchev–Trinajstić information content (AvgIpc) is 3.30. The molecule has 164 valence electrons. The SMILES string of the molecule is Cc1ccc(N2C(=O)C(Nc3ccc(OC(F)(F)F)cc3)=C(c3cccs3)C2=O)c(C)c1. The van der Waals surface area contributed by atoms with Crippen molar-refractivity contribution < 1.29 is 27.5 Å². The Kier molecular flexibility index (Phi) is 5.52. The lowest BCUT2D eigenvalue weighted by atomic mass is 10.1. The Bertz CT molecular complexity index is 1220. The summed E-state index contributed by atoms with van der Waals surface area (Å²) in [5.74, 6) is -1.40. The molecule has 0 aliphatic carbocycles. The van der Waals surface area contributed by atoms with Crippen LogP contribution < -0.4 is 15.0 Å². The Hall–Kier alpha value is -3.59. The van der Waals surface area contributed by atoms with Gasteiger partial charge < -0.3 is 10.1 Å². The quantitative estimate of drug-likeness (QED) is 0.502. The van der Waals surface area contributed by atoms with E-state index in [0.717, 1.165) is 28.2 Å². The van der Waals surface area contributed by atoms with Gasteiger partial charge in [0.05, 0.1) is 11.3 Å². The summed E-state index contributed by atoms with van der Waals surface area (Å²) in [6, 6.07) is 13.9. The minimum Gasteiger partial charge on any atom is -0.406 e. The van der Waals surface area contributed by atoms with Crippen LogP contribution in [0.25, 0.3) is 5.57 Å². The van der Waals surface area contributed by atoms with Crippen LogP contribution in [0.2, 0.25) is 0 Å². The molecular formula is C23H17F3N2O3S. The molecule has 9 heteroatoms. The molecule has 1 aliphatic rings. The minimum atomic E-state index is -4.80. The van der Waals surface area contributed by atoms with Crippen LogP contribution in [0.1, 0.15) is 16.0 Å². The monoisotopic (exact) mass is 458 g/mol. The number of aryl methyl sites for hydroxylation is 2. The van der Waals surface area contributed by atoms with Gasteiger partial charge in [0.2, 0.25) is 0 Å². The van der Waals surface area contributed by atoms with E-state index < -0.39 is 18.2 Å². The van der Waals surface area contributed by atoms with Gasteiger partial charge in [-0.25, -0.2) is 4.90 Å². The summed E-state index contributed by atoms with van der Waals surface area (Å²) < 4.78 is 41.1. The van der Waals surface area contributed by atoms with Gasteiger partial charge in [-0.05, 0) is 61.2 Å². The van der Waals surface area contributed by atoms with Gasteiger partial charge >= 0.3 is 6.36 Å². The van der Waals surface area contributed by atoms with Crippen molar-refractivity contribution in [3.8, 4) is 5.75 Å². The van der Waals surface area contributed by atoms with Gasteiger partial charge in [0.1, 0.15) is 11.4 Å². The second-order valence-corrected chi connectivity index (χ2v) is 8.11. The van der Waals surface area contributed by atoms with Gasteiger partial charge in [0.25, 0.3) is 11.8 Å². The summed E-state index contributed by atoms with van der Waals surface area (Å²) >= 11 is 1.31. The van der Waals surface area contributed by atoms with Crippen molar-refractivity contribution in [2.24, 2.45) is 0 Å². The summed E-state index contributed by atoms with van der Waals surface area (Å²) in [4.78, 5) is 28.4. The first kappa shape index (κ1) is 21.6. The Morgan fingerprint density at radius 1 is 0.969 bits per heavy atom. The Labute approximate surface area is 185 Å². The maximum absolute atomic E-state index is 13.3. The number of rotatable bonds is 5. The van der Waals surface area contributed by atoms with E-state index in [2.05, 4.69) is 10.1 Å². The summed E-state index contributed by atoms with van der Waals surface area (Å²) in [5.41, 5.74) is 2.85. The number of anilines is 2. The molecule has 2 amide bonds. The third-order valence-corrected chi connectivity index (χ3v) is 5.69. The second-order valence-electron chi connectivity index (χ2n) is 7.16. The number of carbonyl (C=O) groups is 2. The molecule has 1 N–H and O–H groups in total. The number of ether oxygens (including phenoxy) is 1. The number of thiophene rings is 1. The van der Waals surface area contributed by atoms with E-state index in [0.29, 0.717) is 16.3 Å². The van der Waals surface area contributed by atoms with Crippen molar-refractivity contribution in [1.29, 1.82) is 0 Å². The molecule has 0 spiro atoms. The fourth-order valence-electron chi connectivity index (χ4n) is 3.45. The van der Waals surface area contributed by atoms with Crippen molar-refractivity contribution in [1.82, 2.24) is 0 Å². The molecule has 0 unspecified atom stereocenters. The van der Waals surface area contributed by atoms with Gasteiger partial charge in [-0.15, -0.1) is 24.5 Å². The lowest BCUT2D eigenvalue weighted by Gasteiger charge is -2.18. The molecule has 0 bridgehead atoms. The summed E-state index contributed by atoms with van der Waals surface area (Å²) in [6.45, 7) is 3.73. The standard InChI is InChI=1S/C23H17F3N2O3S/c1-13-5-10-17(14(2)12-13)28-21(29)19(18-4-3-11-32-18)20(22(28)30)27-15-6-8-16(9-7-15)31-23(24,25)26/h3-12,27H,1-2H3. The predicted octanol–water partition coefficient (Wildman–Crippen LogP) is 5.66. The number of imide groups is 1. The van der Waals surface area contributed by atoms with Crippen LogP contribution in [0.4, 0.5) is 24.5 Å². The highest BCUT2D eigenvalue weighted by Gasteiger charge is 2.41. The van der Waals surface area contributed by atoms with Crippen LogP contribution in [0.3, 0.4) is 0 Å². The molecule has 0 saturated carbocycles. The lowest BCUT2D eigenvalue weighted by Crippen LogP contribution is -2.33. The highest BCUT2D eigenvalue weighted by Crippen LogP contribution is 2.37. The largest absolute Gasteiger partial charge is 0.573 e. The fourth-order valence-corrected chi connectivity index (χ4v) is 4.22. The molecule has 1 aromatic heterocycles. The molecule has 0 atom stereocenters. The van der Waals surface area contributed by atoms with Crippen LogP contribution in [0.15, 0.2) is 65.7 Å². The number of alkyl halides is 3. The first-order chi connectivity index (χ1) is 15.1. The molecule has 0 fully saturated rings. The zero-order valence-corrected chi connectivity index (χ0v) is 17.8. The van der Waals surface area contributed by atoms with Gasteiger partial charge in [-0.3, -0.25) is 9.59 Å². The Balaban J connectivity index is 1.71. The van der Waals surface area contributed by atoms with E-state index >= 15 is 0 Å². The molecule has 0 saturated heterocycles. The number of hydrogen-bond donors (Lipinski definition) is 1. The molecular weight excluding hydrogens is 441 g/mol. The molecule has 1 aliphatic heterocycles. The number of halogens is 3. The molecule has 0 radical (unpaired) electrons. The third kappa shape index (κ3) is 4.24. The number of benzene rings is 2. The molecule has 5 nitrogen and oxygen atoms in total. The summed E-state index contributed by atoms with van der Waals surface area (Å²) in [6.07, 6.45) is -4.80. The van der Waals surface area contributed by atoms with Crippen molar-refractivity contribution >= 4 is 40.1 Å². The van der Waals surface area contributed by atoms with E-state index in [1.165, 1.54) is 23.5 Å². The summed E-state index contributed by atoms with van der Waals surface area (Å²) in [5, 5.41) is 4.71. The highest BCUT2D eigenvalue weighted by atomic mass is 32.1. The van der Waals surface area contributed by atoms with Crippen molar-refractivity contribution in [2.45, 2.75) is 20.2 Å². The Morgan fingerprint density at radius 3 is 2.28 bits per heavy atom. The third-order valence-electron chi connectivity index (χ3n) is 4.80. The van der Waals surface area contributed by atoms with Crippen LogP contribution in [-0.4, -0.2) is 18.2 Å². The van der Waals surface area contributed by atoms with Gasteiger partial charge in [-0.1, -0.05) is 23.8 Å². The minimum absolute atomic E-state index is 0.0573. The maximum Gasteiger partial charge on any atom is 0.573 e. The zero-order chi connectivity index (χ0) is 23.0. The highest BCUT2D eigenvalue weighted by molar-refractivity contribution is 7.11. The number of hydrogen-bond acceptors (Lipinski definition) is 5. The average molecular weight is 458 g/mol.